The number of aliphatic hydroxyl groups excluding tert-OH is 1. The molecule has 0 radical (unpaired) electrons. The maximum atomic E-state index is 12.0. The van der Waals surface area contributed by atoms with Crippen molar-refractivity contribution in [1.82, 2.24) is 9.80 Å². The van der Waals surface area contributed by atoms with E-state index in [1.165, 1.54) is 0 Å². The van der Waals surface area contributed by atoms with Crippen molar-refractivity contribution in [1.29, 1.82) is 0 Å². The summed E-state index contributed by atoms with van der Waals surface area (Å²) >= 11 is 0. The summed E-state index contributed by atoms with van der Waals surface area (Å²) in [4.78, 5) is 16.5. The van der Waals surface area contributed by atoms with E-state index in [0.717, 1.165) is 42.9 Å². The second-order valence-electron chi connectivity index (χ2n) is 7.83. The van der Waals surface area contributed by atoms with E-state index in [2.05, 4.69) is 35.8 Å². The van der Waals surface area contributed by atoms with Crippen LogP contribution >= 0.6 is 0 Å². The highest BCUT2D eigenvalue weighted by molar-refractivity contribution is 5.76. The molecule has 1 fully saturated rings. The molecule has 2 N–H and O–H groups in total. The third-order valence-corrected chi connectivity index (χ3v) is 6.02. The monoisotopic (exact) mass is 392 g/mol. The van der Waals surface area contributed by atoms with Crippen LogP contribution in [-0.4, -0.2) is 65.4 Å². The van der Waals surface area contributed by atoms with Crippen molar-refractivity contribution in [2.45, 2.75) is 59.2 Å². The maximum absolute atomic E-state index is 12.0. The van der Waals surface area contributed by atoms with E-state index in [0.29, 0.717) is 32.5 Å². The number of hydrogen-bond donors (Lipinski definition) is 2. The molecular weight excluding hydrogens is 356 g/mol. The number of methoxy groups -OCH3 is 1. The molecule has 6 heteroatoms. The topological polar surface area (TPSA) is 73.2 Å². The van der Waals surface area contributed by atoms with Crippen LogP contribution in [0, 0.1) is 5.41 Å². The Morgan fingerprint density at radius 3 is 2.61 bits per heavy atom. The minimum atomic E-state index is -1.07. The number of carbonyl (C=O) groups is 1. The zero-order chi connectivity index (χ0) is 20.7. The van der Waals surface area contributed by atoms with E-state index in [1.54, 1.807) is 7.11 Å². The van der Waals surface area contributed by atoms with Crippen molar-refractivity contribution in [3.8, 4) is 5.75 Å². The lowest BCUT2D eigenvalue weighted by Crippen LogP contribution is -2.55. The molecule has 1 heterocycles. The molecule has 0 saturated carbocycles. The van der Waals surface area contributed by atoms with Crippen molar-refractivity contribution in [3.05, 3.63) is 29.3 Å². The Morgan fingerprint density at radius 2 is 2.04 bits per heavy atom. The summed E-state index contributed by atoms with van der Waals surface area (Å²) < 4.78 is 5.54. The zero-order valence-corrected chi connectivity index (χ0v) is 17.8. The fourth-order valence-corrected chi connectivity index (χ4v) is 4.31. The van der Waals surface area contributed by atoms with Gasteiger partial charge in [0.05, 0.1) is 13.2 Å². The van der Waals surface area contributed by atoms with Gasteiger partial charge >= 0.3 is 5.97 Å². The molecule has 28 heavy (non-hydrogen) atoms. The van der Waals surface area contributed by atoms with Crippen LogP contribution in [-0.2, 0) is 17.9 Å². The second kappa shape index (κ2) is 10.2. The van der Waals surface area contributed by atoms with Gasteiger partial charge in [-0.05, 0) is 43.6 Å². The highest BCUT2D eigenvalue weighted by Crippen LogP contribution is 2.36. The van der Waals surface area contributed by atoms with E-state index in [1.807, 2.05) is 13.0 Å². The van der Waals surface area contributed by atoms with E-state index in [4.69, 9.17) is 4.74 Å². The molecule has 158 valence electrons. The number of nitrogens with zero attached hydrogens (tertiary/aromatic N) is 2. The van der Waals surface area contributed by atoms with Crippen LogP contribution < -0.4 is 4.74 Å². The number of benzene rings is 1. The summed E-state index contributed by atoms with van der Waals surface area (Å²) in [5, 5.41) is 20.3. The van der Waals surface area contributed by atoms with E-state index >= 15 is 0 Å². The van der Waals surface area contributed by atoms with Crippen LogP contribution in [0.4, 0.5) is 0 Å². The number of aliphatic carboxylic acids is 1. The van der Waals surface area contributed by atoms with Gasteiger partial charge in [0.25, 0.3) is 0 Å². The van der Waals surface area contributed by atoms with Crippen LogP contribution in [0.2, 0.25) is 0 Å². The minimum Gasteiger partial charge on any atom is -0.496 e. The van der Waals surface area contributed by atoms with E-state index < -0.39 is 17.5 Å². The van der Waals surface area contributed by atoms with Crippen LogP contribution in [0.1, 0.15) is 51.2 Å². The summed E-state index contributed by atoms with van der Waals surface area (Å²) in [5.41, 5.74) is 1.23. The van der Waals surface area contributed by atoms with Crippen LogP contribution in [0.15, 0.2) is 18.2 Å². The molecule has 1 aromatic carbocycles. The van der Waals surface area contributed by atoms with Crippen LogP contribution in [0.5, 0.6) is 5.75 Å². The molecule has 1 saturated heterocycles. The van der Waals surface area contributed by atoms with Crippen molar-refractivity contribution < 1.29 is 19.7 Å². The van der Waals surface area contributed by atoms with Gasteiger partial charge in [0, 0.05) is 31.7 Å². The number of carboxylic acids is 1. The first-order valence-electron chi connectivity index (χ1n) is 10.4. The number of hydrogen-bond acceptors (Lipinski definition) is 5. The van der Waals surface area contributed by atoms with Gasteiger partial charge in [-0.2, -0.15) is 0 Å². The normalized spacial score (nSPS) is 23.1. The molecule has 2 rings (SSSR count). The first kappa shape index (κ1) is 22.7. The second-order valence-corrected chi connectivity index (χ2v) is 7.83. The number of likely N-dealkylation sites (tertiary alicyclic amines) is 1. The summed E-state index contributed by atoms with van der Waals surface area (Å²) in [7, 11) is 1.69. The van der Waals surface area contributed by atoms with Gasteiger partial charge in [0.1, 0.15) is 11.2 Å². The average molecular weight is 393 g/mol. The number of rotatable bonds is 10. The molecule has 1 aliphatic heterocycles. The largest absolute Gasteiger partial charge is 0.496 e. The standard InChI is InChI=1S/C22H36N2O4/c1-5-11-22(21(26)27)16-24(12-10-20(22)25)14-17-8-9-19(28-4)18(13-17)15-23(6-2)7-3/h8-9,13,20,25H,5-7,10-12,14-16H2,1-4H3,(H,26,27)/t20-,22-/m1/s1. The Labute approximate surface area is 169 Å². The van der Waals surface area contributed by atoms with Crippen LogP contribution in [0.3, 0.4) is 0 Å². The Kier molecular flexibility index (Phi) is 8.28. The fraction of sp³-hybridized carbons (Fsp3) is 0.682. The molecule has 1 aromatic rings. The maximum Gasteiger partial charge on any atom is 0.313 e. The number of piperidine rings is 1. The predicted molar refractivity (Wildman–Crippen MR) is 110 cm³/mol. The Morgan fingerprint density at radius 1 is 1.32 bits per heavy atom. The molecule has 0 unspecified atom stereocenters. The van der Waals surface area contributed by atoms with Crippen molar-refractivity contribution in [2.24, 2.45) is 5.41 Å². The number of aliphatic hydroxyl groups is 1. The van der Waals surface area contributed by atoms with Crippen molar-refractivity contribution in [3.63, 3.8) is 0 Å². The lowest BCUT2D eigenvalue weighted by atomic mass is 9.74. The van der Waals surface area contributed by atoms with Gasteiger partial charge in [-0.1, -0.05) is 33.3 Å². The molecule has 0 spiro atoms. The summed E-state index contributed by atoms with van der Waals surface area (Å²) in [6, 6.07) is 6.23. The SMILES string of the molecule is CCC[C@@]1(C(=O)O)CN(Cc2ccc(OC)c(CN(CC)CC)c2)CC[C@H]1O. The minimum absolute atomic E-state index is 0.384. The summed E-state index contributed by atoms with van der Waals surface area (Å²) in [6.07, 6.45) is 0.952. The summed E-state index contributed by atoms with van der Waals surface area (Å²) in [5.74, 6) is -0.000847. The third-order valence-electron chi connectivity index (χ3n) is 6.02. The molecule has 1 aliphatic rings. The predicted octanol–water partition coefficient (Wildman–Crippen LogP) is 2.97. The number of ether oxygens (including phenoxy) is 1. The van der Waals surface area contributed by atoms with Gasteiger partial charge in [0.2, 0.25) is 0 Å². The van der Waals surface area contributed by atoms with Crippen LogP contribution in [0.25, 0.3) is 0 Å². The Balaban J connectivity index is 2.19. The zero-order valence-electron chi connectivity index (χ0n) is 17.8. The third kappa shape index (κ3) is 5.04. The quantitative estimate of drug-likeness (QED) is 0.638. The smallest absolute Gasteiger partial charge is 0.313 e. The highest BCUT2D eigenvalue weighted by Gasteiger charge is 2.48. The van der Waals surface area contributed by atoms with Gasteiger partial charge in [-0.25, -0.2) is 0 Å². The van der Waals surface area contributed by atoms with Gasteiger partial charge in [0.15, 0.2) is 0 Å². The molecule has 0 amide bonds. The van der Waals surface area contributed by atoms with Crippen molar-refractivity contribution in [2.75, 3.05) is 33.3 Å². The van der Waals surface area contributed by atoms with Crippen molar-refractivity contribution >= 4 is 5.97 Å². The van der Waals surface area contributed by atoms with E-state index in [9.17, 15) is 15.0 Å². The fourth-order valence-electron chi connectivity index (χ4n) is 4.31. The van der Waals surface area contributed by atoms with Gasteiger partial charge < -0.3 is 14.9 Å². The molecule has 0 aliphatic carbocycles. The highest BCUT2D eigenvalue weighted by atomic mass is 16.5. The van der Waals surface area contributed by atoms with E-state index in [-0.39, 0.29) is 0 Å². The first-order valence-corrected chi connectivity index (χ1v) is 10.4. The summed E-state index contributed by atoms with van der Waals surface area (Å²) in [6.45, 7) is 10.8. The lowest BCUT2D eigenvalue weighted by Gasteiger charge is -2.43. The van der Waals surface area contributed by atoms with Gasteiger partial charge in [-0.15, -0.1) is 0 Å². The molecule has 6 nitrogen and oxygen atoms in total. The lowest BCUT2D eigenvalue weighted by molar-refractivity contribution is -0.164. The molecule has 0 bridgehead atoms. The Hall–Kier alpha value is -1.63. The first-order chi connectivity index (χ1) is 13.4. The Bertz CT molecular complexity index is 647. The number of carboxylic acid groups (broad SMARTS) is 1. The average Bonchev–Trinajstić information content (AvgIpc) is 2.68. The molecule has 2 atom stereocenters. The molecule has 0 aromatic heterocycles. The van der Waals surface area contributed by atoms with Gasteiger partial charge in [-0.3, -0.25) is 14.6 Å². The molecular formula is C22H36N2O4.